The lowest BCUT2D eigenvalue weighted by Gasteiger charge is -2.44. The van der Waals surface area contributed by atoms with Gasteiger partial charge in [0.15, 0.2) is 0 Å². The number of carboxylic acid groups (broad SMARTS) is 1. The maximum Gasteiger partial charge on any atom is 0.303 e. The summed E-state index contributed by atoms with van der Waals surface area (Å²) in [5.74, 6) is -0.711. The molecule has 3 aromatic rings. The lowest BCUT2D eigenvalue weighted by atomic mass is 9.93. The fourth-order valence-corrected chi connectivity index (χ4v) is 6.95. The van der Waals surface area contributed by atoms with Crippen LogP contribution in [0.5, 0.6) is 5.75 Å². The Morgan fingerprint density at radius 1 is 0.848 bits per heavy atom. The smallest absolute Gasteiger partial charge is 0.303 e. The molecule has 2 unspecified atom stereocenters. The van der Waals surface area contributed by atoms with Crippen LogP contribution in [0.25, 0.3) is 0 Å². The zero-order valence-corrected chi connectivity index (χ0v) is 26.9. The first-order valence-corrected chi connectivity index (χ1v) is 16.6. The van der Waals surface area contributed by atoms with Crippen LogP contribution in [0.4, 0.5) is 4.39 Å². The van der Waals surface area contributed by atoms with E-state index in [0.717, 1.165) is 75.2 Å². The van der Waals surface area contributed by atoms with E-state index in [2.05, 4.69) is 27.7 Å². The summed E-state index contributed by atoms with van der Waals surface area (Å²) < 4.78 is 13.8. The first kappa shape index (κ1) is 33.6. The van der Waals surface area contributed by atoms with Crippen LogP contribution in [0.2, 0.25) is 0 Å². The van der Waals surface area contributed by atoms with E-state index in [1.54, 1.807) is 18.2 Å². The minimum Gasteiger partial charge on any atom is -0.508 e. The Balaban J connectivity index is 1.27. The van der Waals surface area contributed by atoms with Gasteiger partial charge in [-0.2, -0.15) is 0 Å². The number of hydrogen-bond acceptors (Lipinski definition) is 6. The van der Waals surface area contributed by atoms with E-state index in [-0.39, 0.29) is 36.0 Å². The Morgan fingerprint density at radius 2 is 1.61 bits per heavy atom. The molecule has 0 saturated carbocycles. The molecule has 0 radical (unpaired) electrons. The van der Waals surface area contributed by atoms with Crippen molar-refractivity contribution >= 4 is 11.9 Å². The lowest BCUT2D eigenvalue weighted by molar-refractivity contribution is -0.137. The number of phenols is 1. The highest BCUT2D eigenvalue weighted by atomic mass is 19.1. The third kappa shape index (κ3) is 9.15. The highest BCUT2D eigenvalue weighted by Crippen LogP contribution is 2.34. The Kier molecular flexibility index (Phi) is 11.8. The third-order valence-corrected chi connectivity index (χ3v) is 9.27. The van der Waals surface area contributed by atoms with Gasteiger partial charge >= 0.3 is 5.97 Å². The van der Waals surface area contributed by atoms with Gasteiger partial charge in [-0.3, -0.25) is 19.4 Å². The largest absolute Gasteiger partial charge is 0.508 e. The van der Waals surface area contributed by atoms with Crippen LogP contribution in [0.3, 0.4) is 0 Å². The van der Waals surface area contributed by atoms with Crippen molar-refractivity contribution in [2.75, 3.05) is 52.4 Å². The highest BCUT2D eigenvalue weighted by Gasteiger charge is 2.32. The Hall–Kier alpha value is -3.79. The number of aromatic hydroxyl groups is 1. The number of halogens is 1. The van der Waals surface area contributed by atoms with Gasteiger partial charge < -0.3 is 20.0 Å². The minimum absolute atomic E-state index is 0.0350. The number of phenolic OH excluding ortho intramolecular Hbond substituents is 1. The van der Waals surface area contributed by atoms with Crippen LogP contribution < -0.4 is 0 Å². The van der Waals surface area contributed by atoms with Crippen molar-refractivity contribution in [1.82, 2.24) is 19.6 Å². The fourth-order valence-electron chi connectivity index (χ4n) is 6.95. The summed E-state index contributed by atoms with van der Waals surface area (Å²) >= 11 is 0. The topological polar surface area (TPSA) is 87.6 Å². The average Bonchev–Trinajstić information content (AvgIpc) is 3.28. The van der Waals surface area contributed by atoms with Crippen LogP contribution in [0.1, 0.15) is 72.1 Å². The second-order valence-electron chi connectivity index (χ2n) is 12.8. The van der Waals surface area contributed by atoms with Crippen molar-refractivity contribution in [2.24, 2.45) is 0 Å². The van der Waals surface area contributed by atoms with Gasteiger partial charge in [0.1, 0.15) is 11.6 Å². The number of hydrogen-bond donors (Lipinski definition) is 2. The van der Waals surface area contributed by atoms with Crippen molar-refractivity contribution in [3.8, 4) is 5.75 Å². The quantitative estimate of drug-likeness (QED) is 0.251. The summed E-state index contributed by atoms with van der Waals surface area (Å²) in [5.41, 5.74) is 3.62. The number of benzene rings is 3. The molecule has 0 aliphatic carbocycles. The standard InChI is InChI=1S/C37H47FN4O4/c1-28-26-40(27-29-9-5-13-33(38)23-29)20-22-42(28)36(31-11-7-14-34(43)25-31)30-10-6-12-32(24-30)37(46)41-18-8-17-39(19-21-41)16-4-2-3-15-35(44)45/h5-7,9-14,23-25,28,36,43H,2-4,8,15-22,26-27H2,1H3,(H,44,45). The van der Waals surface area contributed by atoms with E-state index in [9.17, 15) is 19.1 Å². The summed E-state index contributed by atoms with van der Waals surface area (Å²) in [6, 6.07) is 22.2. The van der Waals surface area contributed by atoms with Gasteiger partial charge in [0.05, 0.1) is 6.04 Å². The number of piperazine rings is 1. The molecule has 1 amide bonds. The molecule has 0 bridgehead atoms. The van der Waals surface area contributed by atoms with Crippen molar-refractivity contribution in [1.29, 1.82) is 0 Å². The molecule has 2 saturated heterocycles. The number of carbonyl (C=O) groups is 2. The van der Waals surface area contributed by atoms with Crippen molar-refractivity contribution < 1.29 is 24.2 Å². The van der Waals surface area contributed by atoms with Gasteiger partial charge in [-0.25, -0.2) is 4.39 Å². The fraction of sp³-hybridized carbons (Fsp3) is 0.459. The number of carbonyl (C=O) groups excluding carboxylic acids is 1. The third-order valence-electron chi connectivity index (χ3n) is 9.27. The average molecular weight is 631 g/mol. The molecule has 2 atom stereocenters. The van der Waals surface area contributed by atoms with Gasteiger partial charge in [-0.1, -0.05) is 42.8 Å². The SMILES string of the molecule is CC1CN(Cc2cccc(F)c2)CCN1C(c1cccc(O)c1)c1cccc(C(=O)N2CCCN(CCCCCC(=O)O)CC2)c1. The summed E-state index contributed by atoms with van der Waals surface area (Å²) in [4.78, 5) is 33.8. The summed E-state index contributed by atoms with van der Waals surface area (Å²) in [6.07, 6.45) is 3.71. The predicted octanol–water partition coefficient (Wildman–Crippen LogP) is 5.62. The number of aliphatic carboxylic acids is 1. The molecule has 3 aromatic carbocycles. The first-order chi connectivity index (χ1) is 22.3. The second kappa shape index (κ2) is 16.2. The number of rotatable bonds is 12. The van der Waals surface area contributed by atoms with Crippen molar-refractivity contribution in [2.45, 2.75) is 57.7 Å². The Labute approximate surface area is 272 Å². The van der Waals surface area contributed by atoms with E-state index in [0.29, 0.717) is 31.6 Å². The van der Waals surface area contributed by atoms with E-state index >= 15 is 0 Å². The molecule has 246 valence electrons. The monoisotopic (exact) mass is 630 g/mol. The van der Waals surface area contributed by atoms with Crippen molar-refractivity contribution in [3.05, 3.63) is 101 Å². The number of carboxylic acids is 1. The molecule has 2 N–H and O–H groups in total. The zero-order chi connectivity index (χ0) is 32.5. The molecule has 0 aromatic heterocycles. The maximum atomic E-state index is 13.8. The van der Waals surface area contributed by atoms with E-state index in [4.69, 9.17) is 5.11 Å². The van der Waals surface area contributed by atoms with Gasteiger partial charge in [-0.15, -0.1) is 0 Å². The predicted molar refractivity (Wildman–Crippen MR) is 177 cm³/mol. The van der Waals surface area contributed by atoms with Crippen molar-refractivity contribution in [3.63, 3.8) is 0 Å². The Bertz CT molecular complexity index is 1470. The van der Waals surface area contributed by atoms with E-state index < -0.39 is 5.97 Å². The molecule has 2 aliphatic heterocycles. The van der Waals surface area contributed by atoms with Gasteiger partial charge in [0.2, 0.25) is 0 Å². The molecule has 0 spiro atoms. The first-order valence-electron chi connectivity index (χ1n) is 16.6. The zero-order valence-electron chi connectivity index (χ0n) is 26.9. The van der Waals surface area contributed by atoms with E-state index in [1.165, 1.54) is 6.07 Å². The molecule has 2 heterocycles. The summed E-state index contributed by atoms with van der Waals surface area (Å²) in [5, 5.41) is 19.3. The summed E-state index contributed by atoms with van der Waals surface area (Å²) in [7, 11) is 0. The van der Waals surface area contributed by atoms with Gasteiger partial charge in [0, 0.05) is 63.8 Å². The van der Waals surface area contributed by atoms with E-state index in [1.807, 2.05) is 47.4 Å². The molecule has 46 heavy (non-hydrogen) atoms. The van der Waals surface area contributed by atoms with Crippen LogP contribution in [0, 0.1) is 5.82 Å². The molecule has 5 rings (SSSR count). The maximum absolute atomic E-state index is 13.8. The van der Waals surface area contributed by atoms with Crippen LogP contribution >= 0.6 is 0 Å². The van der Waals surface area contributed by atoms with Crippen LogP contribution in [-0.4, -0.2) is 100 Å². The van der Waals surface area contributed by atoms with Gasteiger partial charge in [-0.05, 0) is 92.4 Å². The molecule has 2 aliphatic rings. The minimum atomic E-state index is -0.740. The molecule has 2 fully saturated rings. The molecule has 8 nitrogen and oxygen atoms in total. The number of unbranched alkanes of at least 4 members (excludes halogenated alkanes) is 2. The van der Waals surface area contributed by atoms with Crippen LogP contribution in [0.15, 0.2) is 72.8 Å². The summed E-state index contributed by atoms with van der Waals surface area (Å²) in [6.45, 7) is 9.36. The molecule has 9 heteroatoms. The molecular formula is C37H47FN4O4. The Morgan fingerprint density at radius 3 is 2.37 bits per heavy atom. The lowest BCUT2D eigenvalue weighted by Crippen LogP contribution is -2.52. The highest BCUT2D eigenvalue weighted by molar-refractivity contribution is 5.94. The van der Waals surface area contributed by atoms with Gasteiger partial charge in [0.25, 0.3) is 5.91 Å². The normalized spacial score (nSPS) is 19.1. The molecular weight excluding hydrogens is 583 g/mol. The number of nitrogens with zero attached hydrogens (tertiary/aromatic N) is 4. The van der Waals surface area contributed by atoms with Crippen LogP contribution in [-0.2, 0) is 11.3 Å². The second-order valence-corrected chi connectivity index (χ2v) is 12.8. The number of amides is 1.